The van der Waals surface area contributed by atoms with Gasteiger partial charge in [-0.2, -0.15) is 0 Å². The Morgan fingerprint density at radius 3 is 2.45 bits per heavy atom. The Hall–Kier alpha value is -1.95. The third kappa shape index (κ3) is 4.53. The van der Waals surface area contributed by atoms with Crippen molar-refractivity contribution in [2.75, 3.05) is 0 Å². The molecule has 0 atom stereocenters. The fourth-order valence-corrected chi connectivity index (χ4v) is 2.76. The van der Waals surface area contributed by atoms with Crippen LogP contribution >= 0.6 is 12.2 Å². The van der Waals surface area contributed by atoms with Gasteiger partial charge in [-0.25, -0.2) is 0 Å². The summed E-state index contributed by atoms with van der Waals surface area (Å²) in [6.07, 6.45) is 5.20. The average molecular weight is 319 g/mol. The largest absolute Gasteiger partial charge is 0.298 e. The molecule has 2 amide bonds. The lowest BCUT2D eigenvalue weighted by Crippen LogP contribution is -2.50. The highest BCUT2D eigenvalue weighted by molar-refractivity contribution is 7.80. The summed E-state index contributed by atoms with van der Waals surface area (Å²) < 4.78 is 0. The lowest BCUT2D eigenvalue weighted by molar-refractivity contribution is -0.126. The zero-order valence-electron chi connectivity index (χ0n) is 12.6. The predicted molar refractivity (Wildman–Crippen MR) is 89.1 cm³/mol. The summed E-state index contributed by atoms with van der Waals surface area (Å²) in [4.78, 5) is 24.0. The zero-order chi connectivity index (χ0) is 15.9. The highest BCUT2D eigenvalue weighted by atomic mass is 32.1. The van der Waals surface area contributed by atoms with Crippen LogP contribution in [0.25, 0.3) is 0 Å². The first kappa shape index (κ1) is 16.4. The molecule has 22 heavy (non-hydrogen) atoms. The van der Waals surface area contributed by atoms with Gasteiger partial charge in [-0.15, -0.1) is 0 Å². The van der Waals surface area contributed by atoms with Gasteiger partial charge in [-0.1, -0.05) is 37.5 Å². The summed E-state index contributed by atoms with van der Waals surface area (Å²) >= 11 is 5.04. The van der Waals surface area contributed by atoms with Crippen molar-refractivity contribution in [3.8, 4) is 0 Å². The zero-order valence-corrected chi connectivity index (χ0v) is 13.5. The molecule has 2 rings (SSSR count). The molecule has 6 heteroatoms. The van der Waals surface area contributed by atoms with Crippen LogP contribution in [0.4, 0.5) is 0 Å². The average Bonchev–Trinajstić information content (AvgIpc) is 2.53. The maximum Gasteiger partial charge on any atom is 0.257 e. The molecule has 1 aromatic carbocycles. The predicted octanol–water partition coefficient (Wildman–Crippen LogP) is 2.21. The molecule has 5 nitrogen and oxygen atoms in total. The Kier molecular flexibility index (Phi) is 5.89. The third-order valence-electron chi connectivity index (χ3n) is 3.89. The van der Waals surface area contributed by atoms with Crippen molar-refractivity contribution in [2.45, 2.75) is 39.0 Å². The summed E-state index contributed by atoms with van der Waals surface area (Å²) in [7, 11) is 0. The van der Waals surface area contributed by atoms with E-state index in [-0.39, 0.29) is 22.8 Å². The SMILES string of the molecule is Cc1ccccc1C(=O)NC(=S)NNC(=O)C1CCCCC1. The van der Waals surface area contributed by atoms with Gasteiger partial charge in [-0.05, 0) is 43.6 Å². The molecule has 0 spiro atoms. The van der Waals surface area contributed by atoms with E-state index in [0.29, 0.717) is 5.56 Å². The van der Waals surface area contributed by atoms with Crippen LogP contribution in [0.15, 0.2) is 24.3 Å². The molecule has 1 aromatic rings. The van der Waals surface area contributed by atoms with Crippen molar-refractivity contribution in [1.29, 1.82) is 0 Å². The smallest absolute Gasteiger partial charge is 0.257 e. The van der Waals surface area contributed by atoms with E-state index in [0.717, 1.165) is 31.2 Å². The van der Waals surface area contributed by atoms with Gasteiger partial charge in [0, 0.05) is 11.5 Å². The van der Waals surface area contributed by atoms with E-state index >= 15 is 0 Å². The maximum absolute atomic E-state index is 12.1. The minimum absolute atomic E-state index is 0.0381. The minimum Gasteiger partial charge on any atom is -0.298 e. The molecule has 0 aliphatic heterocycles. The molecule has 0 unspecified atom stereocenters. The highest BCUT2D eigenvalue weighted by Gasteiger charge is 2.21. The summed E-state index contributed by atoms with van der Waals surface area (Å²) in [6.45, 7) is 1.86. The summed E-state index contributed by atoms with van der Waals surface area (Å²) in [5, 5.41) is 2.66. The molecular weight excluding hydrogens is 298 g/mol. The number of hydrogen-bond acceptors (Lipinski definition) is 3. The van der Waals surface area contributed by atoms with Crippen molar-refractivity contribution < 1.29 is 9.59 Å². The van der Waals surface area contributed by atoms with E-state index in [1.165, 1.54) is 6.42 Å². The Labute approximate surface area is 135 Å². The second-order valence-electron chi connectivity index (χ2n) is 5.55. The normalized spacial score (nSPS) is 15.0. The molecule has 0 radical (unpaired) electrons. The van der Waals surface area contributed by atoms with Crippen LogP contribution < -0.4 is 16.2 Å². The fraction of sp³-hybridized carbons (Fsp3) is 0.438. The van der Waals surface area contributed by atoms with Crippen LogP contribution in [-0.2, 0) is 4.79 Å². The molecule has 0 aromatic heterocycles. The Balaban J connectivity index is 1.79. The monoisotopic (exact) mass is 319 g/mol. The Morgan fingerprint density at radius 2 is 1.77 bits per heavy atom. The van der Waals surface area contributed by atoms with Crippen LogP contribution in [-0.4, -0.2) is 16.9 Å². The third-order valence-corrected chi connectivity index (χ3v) is 4.10. The molecule has 1 fully saturated rings. The molecule has 118 valence electrons. The van der Waals surface area contributed by atoms with Gasteiger partial charge in [0.2, 0.25) is 5.91 Å². The molecule has 1 aliphatic rings. The molecule has 1 saturated carbocycles. The number of amides is 2. The van der Waals surface area contributed by atoms with Crippen molar-refractivity contribution in [1.82, 2.24) is 16.2 Å². The van der Waals surface area contributed by atoms with Crippen LogP contribution in [0.3, 0.4) is 0 Å². The van der Waals surface area contributed by atoms with Crippen LogP contribution in [0.1, 0.15) is 48.0 Å². The number of thiocarbonyl (C=S) groups is 1. The van der Waals surface area contributed by atoms with Crippen molar-refractivity contribution in [3.05, 3.63) is 35.4 Å². The van der Waals surface area contributed by atoms with Gasteiger partial charge in [-0.3, -0.25) is 25.8 Å². The molecule has 3 N–H and O–H groups in total. The minimum atomic E-state index is -0.289. The maximum atomic E-state index is 12.1. The lowest BCUT2D eigenvalue weighted by Gasteiger charge is -2.21. The molecule has 1 aliphatic carbocycles. The summed E-state index contributed by atoms with van der Waals surface area (Å²) in [6, 6.07) is 7.25. The standard InChI is InChI=1S/C16H21N3O2S/c1-11-7-5-6-10-13(11)15(21)17-16(22)19-18-14(20)12-8-3-2-4-9-12/h5-7,10,12H,2-4,8-9H2,1H3,(H,18,20)(H2,17,19,21,22). The van der Waals surface area contributed by atoms with E-state index in [9.17, 15) is 9.59 Å². The first-order valence-corrected chi connectivity index (χ1v) is 7.95. The van der Waals surface area contributed by atoms with Crippen molar-refractivity contribution in [3.63, 3.8) is 0 Å². The second-order valence-corrected chi connectivity index (χ2v) is 5.96. The van der Waals surface area contributed by atoms with Crippen LogP contribution in [0.5, 0.6) is 0 Å². The van der Waals surface area contributed by atoms with E-state index < -0.39 is 0 Å². The number of carbonyl (C=O) groups is 2. The van der Waals surface area contributed by atoms with Gasteiger partial charge in [0.25, 0.3) is 5.91 Å². The molecule has 0 saturated heterocycles. The number of rotatable bonds is 2. The van der Waals surface area contributed by atoms with E-state index in [1.54, 1.807) is 12.1 Å². The van der Waals surface area contributed by atoms with E-state index in [2.05, 4.69) is 16.2 Å². The van der Waals surface area contributed by atoms with Crippen LogP contribution in [0, 0.1) is 12.8 Å². The van der Waals surface area contributed by atoms with Crippen LogP contribution in [0.2, 0.25) is 0 Å². The number of benzene rings is 1. The fourth-order valence-electron chi connectivity index (χ4n) is 2.61. The molecule has 0 bridgehead atoms. The summed E-state index contributed by atoms with van der Waals surface area (Å²) in [5.74, 6) is -0.314. The van der Waals surface area contributed by atoms with Crippen molar-refractivity contribution in [2.24, 2.45) is 5.92 Å². The van der Waals surface area contributed by atoms with Gasteiger partial charge >= 0.3 is 0 Å². The Morgan fingerprint density at radius 1 is 1.09 bits per heavy atom. The van der Waals surface area contributed by atoms with Gasteiger partial charge < -0.3 is 0 Å². The number of aryl methyl sites for hydroxylation is 1. The number of nitrogens with one attached hydrogen (secondary N) is 3. The Bertz CT molecular complexity index is 568. The van der Waals surface area contributed by atoms with Gasteiger partial charge in [0.15, 0.2) is 5.11 Å². The number of carbonyl (C=O) groups excluding carboxylic acids is 2. The molecule has 0 heterocycles. The topological polar surface area (TPSA) is 70.2 Å². The second kappa shape index (κ2) is 7.89. The van der Waals surface area contributed by atoms with E-state index in [4.69, 9.17) is 12.2 Å². The first-order valence-electron chi connectivity index (χ1n) is 7.54. The first-order chi connectivity index (χ1) is 10.6. The van der Waals surface area contributed by atoms with Gasteiger partial charge in [0.05, 0.1) is 0 Å². The summed E-state index contributed by atoms with van der Waals surface area (Å²) in [5.41, 5.74) is 6.61. The quantitative estimate of drug-likeness (QED) is 0.577. The lowest BCUT2D eigenvalue weighted by atomic mass is 9.89. The van der Waals surface area contributed by atoms with Gasteiger partial charge in [0.1, 0.15) is 0 Å². The highest BCUT2D eigenvalue weighted by Crippen LogP contribution is 2.23. The number of hydrogen-bond donors (Lipinski definition) is 3. The molecular formula is C16H21N3O2S. The number of hydrazine groups is 1. The van der Waals surface area contributed by atoms with E-state index in [1.807, 2.05) is 19.1 Å². The van der Waals surface area contributed by atoms with Crippen molar-refractivity contribution >= 4 is 29.1 Å².